The van der Waals surface area contributed by atoms with E-state index in [0.29, 0.717) is 5.92 Å². The molecule has 0 unspecified atom stereocenters. The van der Waals surface area contributed by atoms with Crippen LogP contribution in [0.25, 0.3) is 0 Å². The summed E-state index contributed by atoms with van der Waals surface area (Å²) in [4.78, 5) is 10.7. The Morgan fingerprint density at radius 2 is 1.86 bits per heavy atom. The first kappa shape index (κ1) is 13.2. The molecule has 0 heterocycles. The van der Waals surface area contributed by atoms with E-state index >= 15 is 0 Å². The van der Waals surface area contributed by atoms with Crippen molar-refractivity contribution in [3.05, 3.63) is 11.6 Å². The molecule has 0 bridgehead atoms. The molecule has 0 aliphatic heterocycles. The number of carbonyl (C=O) groups is 1. The van der Waals surface area contributed by atoms with Gasteiger partial charge in [-0.1, -0.05) is 18.6 Å². The van der Waals surface area contributed by atoms with E-state index in [9.17, 15) is 4.79 Å². The molecule has 0 aliphatic carbocycles. The second-order valence-corrected chi connectivity index (χ2v) is 4.15. The average molecular weight is 198 g/mol. The van der Waals surface area contributed by atoms with Crippen LogP contribution < -0.4 is 0 Å². The molecule has 0 N–H and O–H groups in total. The highest BCUT2D eigenvalue weighted by Crippen LogP contribution is 2.14. The summed E-state index contributed by atoms with van der Waals surface area (Å²) in [6.07, 6.45) is 4.38. The Balaban J connectivity index is 3.78. The fourth-order valence-electron chi connectivity index (χ4n) is 1.25. The van der Waals surface area contributed by atoms with Gasteiger partial charge in [0.1, 0.15) is 6.10 Å². The largest absolute Gasteiger partial charge is 0.463 e. The van der Waals surface area contributed by atoms with Gasteiger partial charge in [0, 0.05) is 6.92 Å². The first-order valence-electron chi connectivity index (χ1n) is 5.24. The maximum Gasteiger partial charge on any atom is 0.302 e. The molecule has 0 fully saturated rings. The third-order valence-electron chi connectivity index (χ3n) is 2.33. The summed E-state index contributed by atoms with van der Waals surface area (Å²) < 4.78 is 5.11. The SMILES string of the molecule is CC(=O)O[C@H](C)[C@H](C)CCC=C(C)C. The number of allylic oxidation sites excluding steroid dienone is 2. The van der Waals surface area contributed by atoms with Crippen molar-refractivity contribution < 1.29 is 9.53 Å². The molecule has 0 aliphatic rings. The van der Waals surface area contributed by atoms with E-state index < -0.39 is 0 Å². The van der Waals surface area contributed by atoms with E-state index in [0.717, 1.165) is 12.8 Å². The average Bonchev–Trinajstić information content (AvgIpc) is 2.01. The standard InChI is InChI=1S/C12H22O2/c1-9(2)7-6-8-10(3)11(4)14-12(5)13/h7,10-11H,6,8H2,1-5H3/t10-,11-/m1/s1. The monoisotopic (exact) mass is 198 g/mol. The van der Waals surface area contributed by atoms with Gasteiger partial charge in [-0.25, -0.2) is 0 Å². The van der Waals surface area contributed by atoms with E-state index in [2.05, 4.69) is 26.8 Å². The maximum atomic E-state index is 10.7. The zero-order valence-corrected chi connectivity index (χ0v) is 9.96. The smallest absolute Gasteiger partial charge is 0.302 e. The third-order valence-corrected chi connectivity index (χ3v) is 2.33. The number of hydrogen-bond acceptors (Lipinski definition) is 2. The number of ether oxygens (including phenoxy) is 1. The van der Waals surface area contributed by atoms with Crippen molar-refractivity contribution in [1.29, 1.82) is 0 Å². The third kappa shape index (κ3) is 6.70. The van der Waals surface area contributed by atoms with Crippen LogP contribution in [0.2, 0.25) is 0 Å². The van der Waals surface area contributed by atoms with Crippen LogP contribution in [0.3, 0.4) is 0 Å². The topological polar surface area (TPSA) is 26.3 Å². The normalized spacial score (nSPS) is 14.4. The highest BCUT2D eigenvalue weighted by atomic mass is 16.5. The number of esters is 1. The van der Waals surface area contributed by atoms with Crippen LogP contribution in [0.4, 0.5) is 0 Å². The predicted octanol–water partition coefficient (Wildman–Crippen LogP) is 3.32. The van der Waals surface area contributed by atoms with Crippen LogP contribution in [-0.2, 0) is 9.53 Å². The molecule has 2 heteroatoms. The molecule has 14 heavy (non-hydrogen) atoms. The molecular weight excluding hydrogens is 176 g/mol. The zero-order chi connectivity index (χ0) is 11.1. The van der Waals surface area contributed by atoms with Gasteiger partial charge in [-0.05, 0) is 39.5 Å². The van der Waals surface area contributed by atoms with Gasteiger partial charge in [0.2, 0.25) is 0 Å². The Morgan fingerprint density at radius 3 is 2.29 bits per heavy atom. The molecule has 0 spiro atoms. The van der Waals surface area contributed by atoms with Crippen molar-refractivity contribution >= 4 is 5.97 Å². The Bertz CT molecular complexity index is 202. The van der Waals surface area contributed by atoms with Crippen molar-refractivity contribution in [2.75, 3.05) is 0 Å². The van der Waals surface area contributed by atoms with Gasteiger partial charge in [0.15, 0.2) is 0 Å². The van der Waals surface area contributed by atoms with Gasteiger partial charge in [-0.3, -0.25) is 4.79 Å². The van der Waals surface area contributed by atoms with E-state index in [4.69, 9.17) is 4.74 Å². The molecule has 0 radical (unpaired) electrons. The van der Waals surface area contributed by atoms with Crippen molar-refractivity contribution in [3.8, 4) is 0 Å². The minimum Gasteiger partial charge on any atom is -0.463 e. The quantitative estimate of drug-likeness (QED) is 0.500. The molecule has 0 amide bonds. The second-order valence-electron chi connectivity index (χ2n) is 4.15. The van der Waals surface area contributed by atoms with Crippen LogP contribution in [0, 0.1) is 5.92 Å². The van der Waals surface area contributed by atoms with Crippen LogP contribution in [0.1, 0.15) is 47.5 Å². The fraction of sp³-hybridized carbons (Fsp3) is 0.750. The highest BCUT2D eigenvalue weighted by molar-refractivity contribution is 5.66. The molecule has 2 atom stereocenters. The molecular formula is C12H22O2. The van der Waals surface area contributed by atoms with Gasteiger partial charge < -0.3 is 4.74 Å². The summed E-state index contributed by atoms with van der Waals surface area (Å²) in [6.45, 7) is 9.72. The summed E-state index contributed by atoms with van der Waals surface area (Å²) in [7, 11) is 0. The van der Waals surface area contributed by atoms with E-state index in [1.807, 2.05) is 6.92 Å². The molecule has 0 aromatic carbocycles. The summed E-state index contributed by atoms with van der Waals surface area (Å²) >= 11 is 0. The molecule has 0 saturated heterocycles. The fourth-order valence-corrected chi connectivity index (χ4v) is 1.25. The molecule has 2 nitrogen and oxygen atoms in total. The lowest BCUT2D eigenvalue weighted by Crippen LogP contribution is -2.20. The Labute approximate surface area is 87.3 Å². The Kier molecular flexibility index (Phi) is 6.26. The molecule has 0 saturated carbocycles. The predicted molar refractivity (Wildman–Crippen MR) is 59.1 cm³/mol. The van der Waals surface area contributed by atoms with Crippen LogP contribution in [-0.4, -0.2) is 12.1 Å². The summed E-state index contributed by atoms with van der Waals surface area (Å²) in [6, 6.07) is 0. The van der Waals surface area contributed by atoms with Gasteiger partial charge >= 0.3 is 5.97 Å². The number of carbonyl (C=O) groups excluding carboxylic acids is 1. The first-order chi connectivity index (χ1) is 6.43. The molecule has 0 rings (SSSR count). The van der Waals surface area contributed by atoms with Gasteiger partial charge in [0.05, 0.1) is 0 Å². The van der Waals surface area contributed by atoms with Crippen molar-refractivity contribution in [1.82, 2.24) is 0 Å². The minimum absolute atomic E-state index is 0.0260. The van der Waals surface area contributed by atoms with E-state index in [1.165, 1.54) is 12.5 Å². The zero-order valence-electron chi connectivity index (χ0n) is 9.96. The van der Waals surface area contributed by atoms with Crippen LogP contribution >= 0.6 is 0 Å². The van der Waals surface area contributed by atoms with Crippen molar-refractivity contribution in [2.24, 2.45) is 5.92 Å². The Morgan fingerprint density at radius 1 is 1.29 bits per heavy atom. The van der Waals surface area contributed by atoms with Gasteiger partial charge in [-0.15, -0.1) is 0 Å². The number of hydrogen-bond donors (Lipinski definition) is 0. The van der Waals surface area contributed by atoms with Gasteiger partial charge in [-0.2, -0.15) is 0 Å². The highest BCUT2D eigenvalue weighted by Gasteiger charge is 2.13. The number of rotatable bonds is 5. The molecule has 82 valence electrons. The first-order valence-corrected chi connectivity index (χ1v) is 5.24. The van der Waals surface area contributed by atoms with Crippen molar-refractivity contribution in [2.45, 2.75) is 53.6 Å². The summed E-state index contributed by atoms with van der Waals surface area (Å²) in [5.41, 5.74) is 1.34. The summed E-state index contributed by atoms with van der Waals surface area (Å²) in [5.74, 6) is 0.237. The Hall–Kier alpha value is -0.790. The van der Waals surface area contributed by atoms with Crippen molar-refractivity contribution in [3.63, 3.8) is 0 Å². The lowest BCUT2D eigenvalue weighted by Gasteiger charge is -2.18. The van der Waals surface area contributed by atoms with Gasteiger partial charge in [0.25, 0.3) is 0 Å². The van der Waals surface area contributed by atoms with E-state index in [1.54, 1.807) is 0 Å². The summed E-state index contributed by atoms with van der Waals surface area (Å²) in [5, 5.41) is 0. The van der Waals surface area contributed by atoms with Crippen LogP contribution in [0.15, 0.2) is 11.6 Å². The second kappa shape index (κ2) is 6.63. The van der Waals surface area contributed by atoms with Crippen LogP contribution in [0.5, 0.6) is 0 Å². The minimum atomic E-state index is -0.188. The molecule has 0 aromatic heterocycles. The lowest BCUT2D eigenvalue weighted by atomic mass is 9.99. The molecule has 0 aromatic rings. The van der Waals surface area contributed by atoms with E-state index in [-0.39, 0.29) is 12.1 Å². The maximum absolute atomic E-state index is 10.7. The lowest BCUT2D eigenvalue weighted by molar-refractivity contribution is -0.147.